The van der Waals surface area contributed by atoms with Crippen LogP contribution in [0, 0.1) is 12.3 Å². The van der Waals surface area contributed by atoms with Crippen molar-refractivity contribution in [3.05, 3.63) is 51.8 Å². The highest BCUT2D eigenvalue weighted by Gasteiger charge is 2.38. The summed E-state index contributed by atoms with van der Waals surface area (Å²) in [4.78, 5) is 42.0. The molecule has 3 heterocycles. The van der Waals surface area contributed by atoms with E-state index < -0.39 is 18.1 Å². The maximum atomic E-state index is 13.7. The molecule has 1 fully saturated rings. The molecular formula is C31H39F3N4O7. The van der Waals surface area contributed by atoms with Gasteiger partial charge >= 0.3 is 18.1 Å². The Kier molecular flexibility index (Phi) is 11.2. The summed E-state index contributed by atoms with van der Waals surface area (Å²) in [5.41, 5.74) is 4.86. The predicted molar refractivity (Wildman–Crippen MR) is 159 cm³/mol. The first-order chi connectivity index (χ1) is 20.9. The molecular weight excluding hydrogens is 597 g/mol. The number of rotatable bonds is 10. The van der Waals surface area contributed by atoms with Crippen LogP contribution in [0.2, 0.25) is 0 Å². The van der Waals surface area contributed by atoms with E-state index in [-0.39, 0.29) is 43.2 Å². The maximum absolute atomic E-state index is 13.7. The Hall–Kier alpha value is -4.20. The number of hydrogen-bond donors (Lipinski definition) is 4. The molecule has 4 rings (SSSR count). The van der Waals surface area contributed by atoms with Gasteiger partial charge in [0.15, 0.2) is 5.78 Å². The van der Waals surface area contributed by atoms with Crippen LogP contribution < -0.4 is 9.64 Å². The van der Waals surface area contributed by atoms with E-state index in [1.54, 1.807) is 4.90 Å². The number of carboxylic acids is 2. The average molecular weight is 637 g/mol. The number of carboxylic acid groups (broad SMARTS) is 2. The maximum Gasteiger partial charge on any atom is 0.490 e. The number of anilines is 1. The van der Waals surface area contributed by atoms with Crippen molar-refractivity contribution >= 4 is 29.2 Å². The molecule has 0 unspecified atom stereocenters. The highest BCUT2D eigenvalue weighted by atomic mass is 19.4. The molecule has 1 aromatic heterocycles. The largest absolute Gasteiger partial charge is 0.491 e. The first kappa shape index (κ1) is 35.3. The molecule has 0 atom stereocenters. The fourth-order valence-electron chi connectivity index (χ4n) is 5.09. The zero-order valence-corrected chi connectivity index (χ0v) is 25.8. The number of nitrogens with zero attached hydrogens (tertiary/aromatic N) is 3. The van der Waals surface area contributed by atoms with Gasteiger partial charge in [-0.2, -0.15) is 13.2 Å². The van der Waals surface area contributed by atoms with Crippen LogP contribution >= 0.6 is 0 Å². The van der Waals surface area contributed by atoms with Gasteiger partial charge in [0.25, 0.3) is 0 Å². The summed E-state index contributed by atoms with van der Waals surface area (Å²) in [6.45, 7) is 10.4. The second-order valence-electron chi connectivity index (χ2n) is 12.0. The van der Waals surface area contributed by atoms with E-state index >= 15 is 0 Å². The van der Waals surface area contributed by atoms with E-state index in [9.17, 15) is 27.9 Å². The Labute approximate surface area is 259 Å². The first-order valence-electron chi connectivity index (χ1n) is 14.5. The fourth-order valence-corrected chi connectivity index (χ4v) is 5.09. The van der Waals surface area contributed by atoms with Crippen molar-refractivity contribution < 1.29 is 47.6 Å². The van der Waals surface area contributed by atoms with Crippen molar-refractivity contribution in [2.75, 3.05) is 31.1 Å². The summed E-state index contributed by atoms with van der Waals surface area (Å²) in [7, 11) is 0. The van der Waals surface area contributed by atoms with Crippen molar-refractivity contribution in [2.45, 2.75) is 78.1 Å². The standard InChI is InChI=1S/C29H38N4O5.C2HF3O2/c1-18-21(17-34)12-20-15-33(28(30)26(20)31-18)16-24(35)19-13-22(29(2,3)4)27(38-11-7-8-25(36)37)23(14-19)32-9-5-6-10-32;3-2(4,5)1(6)7/h12-14,30,34H,5-11,15-17H2,1-4H3,(H,36,37);(H,6,7). The van der Waals surface area contributed by atoms with E-state index in [0.717, 1.165) is 54.1 Å². The van der Waals surface area contributed by atoms with E-state index in [1.807, 2.05) is 25.1 Å². The summed E-state index contributed by atoms with van der Waals surface area (Å²) < 4.78 is 38.0. The third-order valence-corrected chi connectivity index (χ3v) is 7.47. The number of benzene rings is 1. The number of aliphatic hydroxyl groups excluding tert-OH is 1. The van der Waals surface area contributed by atoms with Gasteiger partial charge in [0.1, 0.15) is 17.3 Å². The molecule has 14 heteroatoms. The SMILES string of the molecule is Cc1nc2c(cc1CO)CN(CC(=O)c1cc(N3CCCC3)c(OCCCC(=O)O)c(C(C)(C)C)c1)C2=N.O=C(O)C(F)(F)F. The number of fused-ring (bicyclic) bond motifs is 1. The fraction of sp³-hybridized carbons (Fsp3) is 0.516. The third kappa shape index (κ3) is 8.93. The topological polar surface area (TPSA) is 164 Å². The molecule has 0 radical (unpaired) electrons. The van der Waals surface area contributed by atoms with Crippen LogP contribution in [0.3, 0.4) is 0 Å². The number of amidine groups is 1. The molecule has 4 N–H and O–H groups in total. The molecule has 2 aliphatic heterocycles. The van der Waals surface area contributed by atoms with Crippen LogP contribution in [0.15, 0.2) is 18.2 Å². The van der Waals surface area contributed by atoms with Gasteiger partial charge in [-0.25, -0.2) is 9.78 Å². The van der Waals surface area contributed by atoms with E-state index in [0.29, 0.717) is 29.9 Å². The quantitative estimate of drug-likeness (QED) is 0.213. The number of aromatic nitrogens is 1. The molecule has 2 aliphatic rings. The summed E-state index contributed by atoms with van der Waals surface area (Å²) in [6.07, 6.45) is -2.51. The van der Waals surface area contributed by atoms with Crippen molar-refractivity contribution in [1.82, 2.24) is 9.88 Å². The van der Waals surface area contributed by atoms with Gasteiger partial charge < -0.3 is 29.9 Å². The van der Waals surface area contributed by atoms with Gasteiger partial charge in [-0.15, -0.1) is 0 Å². The second kappa shape index (κ2) is 14.3. The van der Waals surface area contributed by atoms with Gasteiger partial charge in [-0.05, 0) is 55.4 Å². The van der Waals surface area contributed by atoms with Crippen molar-refractivity contribution in [1.29, 1.82) is 5.41 Å². The number of halogens is 3. The molecule has 0 saturated carbocycles. The van der Waals surface area contributed by atoms with E-state index in [4.69, 9.17) is 25.2 Å². The normalized spacial score (nSPS) is 14.6. The molecule has 1 aromatic carbocycles. The van der Waals surface area contributed by atoms with Crippen LogP contribution in [0.1, 0.15) is 84.9 Å². The Morgan fingerprint density at radius 2 is 1.69 bits per heavy atom. The highest BCUT2D eigenvalue weighted by molar-refractivity contribution is 6.05. The van der Waals surface area contributed by atoms with Crippen LogP contribution in [0.5, 0.6) is 5.75 Å². The smallest absolute Gasteiger partial charge is 0.490 e. The number of ether oxygens (including phenoxy) is 1. The monoisotopic (exact) mass is 636 g/mol. The molecule has 11 nitrogen and oxygen atoms in total. The minimum Gasteiger partial charge on any atom is -0.491 e. The Morgan fingerprint density at radius 1 is 1.07 bits per heavy atom. The van der Waals surface area contributed by atoms with Crippen molar-refractivity contribution in [3.8, 4) is 5.75 Å². The Morgan fingerprint density at radius 3 is 2.22 bits per heavy atom. The van der Waals surface area contributed by atoms with Crippen LogP contribution in [0.4, 0.5) is 18.9 Å². The zero-order chi connectivity index (χ0) is 33.7. The number of aliphatic hydroxyl groups is 1. The van der Waals surface area contributed by atoms with E-state index in [2.05, 4.69) is 30.7 Å². The van der Waals surface area contributed by atoms with Crippen molar-refractivity contribution in [2.24, 2.45) is 0 Å². The number of Topliss-reactive ketones (excluding diaryl/α,β-unsaturated/α-hetero) is 1. The predicted octanol–water partition coefficient (Wildman–Crippen LogP) is 4.68. The van der Waals surface area contributed by atoms with Gasteiger partial charge in [-0.3, -0.25) is 15.0 Å². The lowest BCUT2D eigenvalue weighted by Gasteiger charge is -2.30. The third-order valence-electron chi connectivity index (χ3n) is 7.47. The second-order valence-corrected chi connectivity index (χ2v) is 12.0. The molecule has 0 amide bonds. The van der Waals surface area contributed by atoms with Crippen LogP contribution in [-0.2, 0) is 28.2 Å². The van der Waals surface area contributed by atoms with Gasteiger partial charge in [-0.1, -0.05) is 20.8 Å². The highest BCUT2D eigenvalue weighted by Crippen LogP contribution is 2.42. The number of nitrogens with one attached hydrogen (secondary N) is 1. The van der Waals surface area contributed by atoms with E-state index in [1.165, 1.54) is 0 Å². The number of alkyl halides is 3. The first-order valence-corrected chi connectivity index (χ1v) is 14.5. The van der Waals surface area contributed by atoms with Crippen LogP contribution in [0.25, 0.3) is 0 Å². The van der Waals surface area contributed by atoms with Gasteiger partial charge in [0.05, 0.1) is 25.4 Å². The number of ketones is 1. The minimum atomic E-state index is -5.08. The number of carbonyl (C=O) groups is 3. The number of hydrogen-bond acceptors (Lipinski definition) is 8. The molecule has 2 aromatic rings. The molecule has 45 heavy (non-hydrogen) atoms. The molecule has 0 aliphatic carbocycles. The molecule has 246 valence electrons. The number of carbonyl (C=O) groups excluding carboxylic acids is 1. The van der Waals surface area contributed by atoms with Crippen LogP contribution in [-0.4, -0.2) is 81.2 Å². The average Bonchev–Trinajstić information content (AvgIpc) is 3.58. The summed E-state index contributed by atoms with van der Waals surface area (Å²) in [5.74, 6) is -2.76. The molecule has 1 saturated heterocycles. The number of aliphatic carboxylic acids is 2. The number of aryl methyl sites for hydroxylation is 1. The van der Waals surface area contributed by atoms with Gasteiger partial charge in [0.2, 0.25) is 0 Å². The summed E-state index contributed by atoms with van der Waals surface area (Å²) >= 11 is 0. The lowest BCUT2D eigenvalue weighted by Crippen LogP contribution is -2.31. The Bertz CT molecular complexity index is 1450. The summed E-state index contributed by atoms with van der Waals surface area (Å²) in [5, 5.41) is 34.4. The lowest BCUT2D eigenvalue weighted by molar-refractivity contribution is -0.192. The van der Waals surface area contributed by atoms with Gasteiger partial charge in [0, 0.05) is 48.4 Å². The summed E-state index contributed by atoms with van der Waals surface area (Å²) in [6, 6.07) is 5.67. The lowest BCUT2D eigenvalue weighted by atomic mass is 9.84. The minimum absolute atomic E-state index is 0.0405. The molecule has 0 spiro atoms. The van der Waals surface area contributed by atoms with Crippen molar-refractivity contribution in [3.63, 3.8) is 0 Å². The zero-order valence-electron chi connectivity index (χ0n) is 25.8. The molecule has 0 bridgehead atoms. The number of pyridine rings is 1. The Balaban J connectivity index is 0.000000707.